The number of nitrogens with zero attached hydrogens (tertiary/aromatic N) is 2. The van der Waals surface area contributed by atoms with E-state index in [4.69, 9.17) is 4.74 Å². The Labute approximate surface area is 175 Å². The Morgan fingerprint density at radius 2 is 2.03 bits per heavy atom. The van der Waals surface area contributed by atoms with Crippen molar-refractivity contribution in [2.75, 3.05) is 33.8 Å². The predicted molar refractivity (Wildman–Crippen MR) is 117 cm³/mol. The standard InChI is InChI=1S/C23H36N4O2/c1-23(2,18-10-7-11-20(14-18)29-4)16-25-22(24-3)26-19-12-13-27(15-19)21(28)17-8-5-6-9-17/h7,10-11,14,17,19H,5-6,8-9,12-13,15-16H2,1-4H3,(H2,24,25,26). The van der Waals surface area contributed by atoms with Crippen LogP contribution in [0.2, 0.25) is 0 Å². The molecule has 1 saturated heterocycles. The summed E-state index contributed by atoms with van der Waals surface area (Å²) in [6, 6.07) is 8.46. The van der Waals surface area contributed by atoms with E-state index >= 15 is 0 Å². The topological polar surface area (TPSA) is 66.0 Å². The van der Waals surface area contributed by atoms with Gasteiger partial charge in [-0.05, 0) is 37.0 Å². The first-order chi connectivity index (χ1) is 13.9. The van der Waals surface area contributed by atoms with Crippen LogP contribution in [0.15, 0.2) is 29.3 Å². The molecule has 1 amide bonds. The highest BCUT2D eigenvalue weighted by atomic mass is 16.5. The molecule has 1 aromatic rings. The number of hydrogen-bond donors (Lipinski definition) is 2. The van der Waals surface area contributed by atoms with Gasteiger partial charge < -0.3 is 20.3 Å². The first-order valence-corrected chi connectivity index (χ1v) is 10.8. The van der Waals surface area contributed by atoms with E-state index < -0.39 is 0 Å². The van der Waals surface area contributed by atoms with E-state index in [1.807, 2.05) is 17.0 Å². The first-order valence-electron chi connectivity index (χ1n) is 10.8. The maximum Gasteiger partial charge on any atom is 0.225 e. The molecule has 1 saturated carbocycles. The molecule has 1 aliphatic carbocycles. The second-order valence-electron chi connectivity index (χ2n) is 8.94. The van der Waals surface area contributed by atoms with Crippen molar-refractivity contribution in [1.29, 1.82) is 0 Å². The highest BCUT2D eigenvalue weighted by Gasteiger charge is 2.32. The molecule has 3 rings (SSSR count). The van der Waals surface area contributed by atoms with E-state index in [0.717, 1.165) is 50.6 Å². The van der Waals surface area contributed by atoms with E-state index in [2.05, 4.69) is 41.6 Å². The predicted octanol–water partition coefficient (Wildman–Crippen LogP) is 2.93. The van der Waals surface area contributed by atoms with Gasteiger partial charge in [0.1, 0.15) is 5.75 Å². The van der Waals surface area contributed by atoms with Crippen molar-refractivity contribution in [3.63, 3.8) is 0 Å². The monoisotopic (exact) mass is 400 g/mol. The summed E-state index contributed by atoms with van der Waals surface area (Å²) in [5.41, 5.74) is 1.14. The number of likely N-dealkylation sites (tertiary alicyclic amines) is 1. The van der Waals surface area contributed by atoms with Crippen LogP contribution < -0.4 is 15.4 Å². The molecule has 0 aromatic heterocycles. The summed E-state index contributed by atoms with van der Waals surface area (Å²) in [7, 11) is 3.49. The zero-order chi connectivity index (χ0) is 20.9. The molecule has 160 valence electrons. The molecule has 1 aromatic carbocycles. The molecule has 1 unspecified atom stereocenters. The molecule has 6 nitrogen and oxygen atoms in total. The number of carbonyl (C=O) groups is 1. The molecule has 6 heteroatoms. The van der Waals surface area contributed by atoms with Crippen molar-refractivity contribution in [3.05, 3.63) is 29.8 Å². The van der Waals surface area contributed by atoms with Crippen LogP contribution in [0.1, 0.15) is 51.5 Å². The highest BCUT2D eigenvalue weighted by molar-refractivity contribution is 5.81. The van der Waals surface area contributed by atoms with Crippen LogP contribution in [0.4, 0.5) is 0 Å². The number of rotatable bonds is 6. The third kappa shape index (κ3) is 5.43. The van der Waals surface area contributed by atoms with Crippen molar-refractivity contribution in [3.8, 4) is 5.75 Å². The third-order valence-electron chi connectivity index (χ3n) is 6.32. The average Bonchev–Trinajstić information content (AvgIpc) is 3.43. The van der Waals surface area contributed by atoms with Crippen LogP contribution in [0.5, 0.6) is 5.75 Å². The number of aliphatic imine (C=N–C) groups is 1. The maximum absolute atomic E-state index is 12.7. The van der Waals surface area contributed by atoms with Crippen LogP contribution in [-0.4, -0.2) is 56.6 Å². The summed E-state index contributed by atoms with van der Waals surface area (Å²) >= 11 is 0. The van der Waals surface area contributed by atoms with Crippen molar-refractivity contribution >= 4 is 11.9 Å². The average molecular weight is 401 g/mol. The number of amides is 1. The second kappa shape index (κ2) is 9.51. The van der Waals surface area contributed by atoms with Gasteiger partial charge >= 0.3 is 0 Å². The smallest absolute Gasteiger partial charge is 0.225 e. The van der Waals surface area contributed by atoms with Gasteiger partial charge in [0.2, 0.25) is 5.91 Å². The Hall–Kier alpha value is -2.24. The minimum Gasteiger partial charge on any atom is -0.497 e. The molecule has 1 atom stereocenters. The van der Waals surface area contributed by atoms with E-state index in [0.29, 0.717) is 5.91 Å². The van der Waals surface area contributed by atoms with Crippen LogP contribution in [0.25, 0.3) is 0 Å². The molecule has 29 heavy (non-hydrogen) atoms. The number of ether oxygens (including phenoxy) is 1. The van der Waals surface area contributed by atoms with Gasteiger partial charge in [0, 0.05) is 44.1 Å². The minimum absolute atomic E-state index is 0.0771. The molecule has 1 aliphatic heterocycles. The summed E-state index contributed by atoms with van der Waals surface area (Å²) in [5, 5.41) is 6.97. The van der Waals surface area contributed by atoms with Crippen molar-refractivity contribution in [1.82, 2.24) is 15.5 Å². The summed E-state index contributed by atoms with van der Waals surface area (Å²) < 4.78 is 5.36. The van der Waals surface area contributed by atoms with Gasteiger partial charge in [0.15, 0.2) is 5.96 Å². The summed E-state index contributed by atoms with van der Waals surface area (Å²) in [4.78, 5) is 19.1. The molecular weight excluding hydrogens is 364 g/mol. The van der Waals surface area contributed by atoms with Gasteiger partial charge in [0.25, 0.3) is 0 Å². The molecule has 2 fully saturated rings. The Bertz CT molecular complexity index is 725. The summed E-state index contributed by atoms with van der Waals surface area (Å²) in [5.74, 6) is 2.28. The number of hydrogen-bond acceptors (Lipinski definition) is 3. The van der Waals surface area contributed by atoms with Crippen LogP contribution in [0, 0.1) is 5.92 Å². The molecule has 2 N–H and O–H groups in total. The van der Waals surface area contributed by atoms with Crippen LogP contribution >= 0.6 is 0 Å². The largest absolute Gasteiger partial charge is 0.497 e. The molecule has 2 aliphatic rings. The van der Waals surface area contributed by atoms with Crippen molar-refractivity contribution in [2.24, 2.45) is 10.9 Å². The van der Waals surface area contributed by atoms with Gasteiger partial charge in [0.05, 0.1) is 7.11 Å². The van der Waals surface area contributed by atoms with Gasteiger partial charge in [-0.2, -0.15) is 0 Å². The molecule has 0 radical (unpaired) electrons. The number of guanidine groups is 1. The van der Waals surface area contributed by atoms with Gasteiger partial charge in [-0.15, -0.1) is 0 Å². The number of carbonyl (C=O) groups excluding carboxylic acids is 1. The summed E-state index contributed by atoms with van der Waals surface area (Å²) in [6.07, 6.45) is 5.50. The fourth-order valence-electron chi connectivity index (χ4n) is 4.35. The van der Waals surface area contributed by atoms with E-state index in [-0.39, 0.29) is 17.4 Å². The van der Waals surface area contributed by atoms with Gasteiger partial charge in [-0.1, -0.05) is 38.8 Å². The lowest BCUT2D eigenvalue weighted by Gasteiger charge is -2.28. The Balaban J connectivity index is 1.51. The van der Waals surface area contributed by atoms with Crippen molar-refractivity contribution in [2.45, 2.75) is 57.4 Å². The second-order valence-corrected chi connectivity index (χ2v) is 8.94. The summed E-state index contributed by atoms with van der Waals surface area (Å²) in [6.45, 7) is 6.78. The fraction of sp³-hybridized carbons (Fsp3) is 0.652. The number of nitrogens with one attached hydrogen (secondary N) is 2. The van der Waals surface area contributed by atoms with Gasteiger partial charge in [-0.25, -0.2) is 0 Å². The molecule has 1 heterocycles. The van der Waals surface area contributed by atoms with E-state index in [9.17, 15) is 4.79 Å². The number of methoxy groups -OCH3 is 1. The first kappa shape index (κ1) is 21.5. The SMILES string of the molecule is CN=C(NCC(C)(C)c1cccc(OC)c1)NC1CCN(C(=O)C2CCCC2)C1. The van der Waals surface area contributed by atoms with E-state index in [1.165, 1.54) is 18.4 Å². The Morgan fingerprint density at radius 3 is 2.72 bits per heavy atom. The van der Waals surface area contributed by atoms with Crippen LogP contribution in [0.3, 0.4) is 0 Å². The van der Waals surface area contributed by atoms with Gasteiger partial charge in [-0.3, -0.25) is 9.79 Å². The number of benzene rings is 1. The zero-order valence-electron chi connectivity index (χ0n) is 18.3. The Morgan fingerprint density at radius 1 is 1.28 bits per heavy atom. The minimum atomic E-state index is -0.0771. The molecule has 0 spiro atoms. The molecular formula is C23H36N4O2. The normalized spacial score (nSPS) is 20.8. The Kier molecular flexibility index (Phi) is 7.04. The lowest BCUT2D eigenvalue weighted by Crippen LogP contribution is -2.48. The lowest BCUT2D eigenvalue weighted by molar-refractivity contribution is -0.134. The fourth-order valence-corrected chi connectivity index (χ4v) is 4.35. The highest BCUT2D eigenvalue weighted by Crippen LogP contribution is 2.28. The maximum atomic E-state index is 12.7. The zero-order valence-corrected chi connectivity index (χ0v) is 18.3. The molecule has 0 bridgehead atoms. The van der Waals surface area contributed by atoms with Crippen molar-refractivity contribution < 1.29 is 9.53 Å². The quantitative estimate of drug-likeness (QED) is 0.569. The lowest BCUT2D eigenvalue weighted by atomic mass is 9.84. The third-order valence-corrected chi connectivity index (χ3v) is 6.32. The van der Waals surface area contributed by atoms with Crippen LogP contribution in [-0.2, 0) is 10.2 Å². The van der Waals surface area contributed by atoms with E-state index in [1.54, 1.807) is 14.2 Å².